The van der Waals surface area contributed by atoms with Crippen molar-refractivity contribution in [3.05, 3.63) is 98.3 Å². The predicted octanol–water partition coefficient (Wildman–Crippen LogP) is 5.14. The summed E-state index contributed by atoms with van der Waals surface area (Å²) in [6.45, 7) is -0.259. The van der Waals surface area contributed by atoms with Crippen LogP contribution in [0.4, 0.5) is 5.69 Å². The molecule has 1 aromatic heterocycles. The SMILES string of the molecule is O=C(Cn1nc(-c2ccccc2)c(-c2ccccc2)nc1=O)Nc1cc(Br)cc(Br)c1. The van der Waals surface area contributed by atoms with Crippen molar-refractivity contribution < 1.29 is 4.79 Å². The summed E-state index contributed by atoms with van der Waals surface area (Å²) in [4.78, 5) is 29.5. The van der Waals surface area contributed by atoms with Crippen LogP contribution in [0.3, 0.4) is 0 Å². The summed E-state index contributed by atoms with van der Waals surface area (Å²) in [6.07, 6.45) is 0. The Morgan fingerprint density at radius 1 is 0.839 bits per heavy atom. The van der Waals surface area contributed by atoms with Crippen LogP contribution >= 0.6 is 31.9 Å². The number of aromatic nitrogens is 3. The minimum atomic E-state index is -0.593. The lowest BCUT2D eigenvalue weighted by atomic mass is 10.0. The number of benzene rings is 3. The van der Waals surface area contributed by atoms with Gasteiger partial charge in [-0.15, -0.1) is 0 Å². The zero-order chi connectivity index (χ0) is 21.8. The van der Waals surface area contributed by atoms with Gasteiger partial charge in [0.15, 0.2) is 0 Å². The summed E-state index contributed by atoms with van der Waals surface area (Å²) in [5, 5.41) is 7.28. The zero-order valence-electron chi connectivity index (χ0n) is 16.1. The molecule has 4 rings (SSSR count). The van der Waals surface area contributed by atoms with Crippen LogP contribution in [0.5, 0.6) is 0 Å². The van der Waals surface area contributed by atoms with Crippen LogP contribution in [0.1, 0.15) is 0 Å². The third-order valence-electron chi connectivity index (χ3n) is 4.41. The highest BCUT2D eigenvalue weighted by Gasteiger charge is 2.16. The molecule has 0 bridgehead atoms. The van der Waals surface area contributed by atoms with E-state index in [4.69, 9.17) is 0 Å². The molecule has 3 aromatic carbocycles. The summed E-state index contributed by atoms with van der Waals surface area (Å²) in [5.74, 6) is -0.382. The van der Waals surface area contributed by atoms with E-state index in [1.54, 1.807) is 12.1 Å². The highest BCUT2D eigenvalue weighted by molar-refractivity contribution is 9.11. The first-order valence-electron chi connectivity index (χ1n) is 9.35. The van der Waals surface area contributed by atoms with Crippen LogP contribution in [0.2, 0.25) is 0 Å². The minimum Gasteiger partial charge on any atom is -0.324 e. The summed E-state index contributed by atoms with van der Waals surface area (Å²) in [6, 6.07) is 24.3. The van der Waals surface area contributed by atoms with Crippen LogP contribution in [0.15, 0.2) is 92.6 Å². The van der Waals surface area contributed by atoms with E-state index in [0.29, 0.717) is 17.1 Å². The Kier molecular flexibility index (Phi) is 6.39. The Bertz CT molecular complexity index is 1270. The minimum absolute atomic E-state index is 0.259. The lowest BCUT2D eigenvalue weighted by Crippen LogP contribution is -2.32. The largest absolute Gasteiger partial charge is 0.365 e. The Morgan fingerprint density at radius 2 is 1.39 bits per heavy atom. The van der Waals surface area contributed by atoms with E-state index in [-0.39, 0.29) is 12.5 Å². The van der Waals surface area contributed by atoms with E-state index in [0.717, 1.165) is 24.8 Å². The van der Waals surface area contributed by atoms with E-state index >= 15 is 0 Å². The molecule has 6 nitrogen and oxygen atoms in total. The van der Waals surface area contributed by atoms with Gasteiger partial charge in [-0.3, -0.25) is 4.79 Å². The van der Waals surface area contributed by atoms with Crippen molar-refractivity contribution in [2.24, 2.45) is 0 Å². The number of nitrogens with zero attached hydrogens (tertiary/aromatic N) is 3. The predicted molar refractivity (Wildman–Crippen MR) is 128 cm³/mol. The van der Waals surface area contributed by atoms with Crippen molar-refractivity contribution in [1.82, 2.24) is 14.8 Å². The molecular weight excluding hydrogens is 524 g/mol. The third kappa shape index (κ3) is 5.15. The number of amides is 1. The van der Waals surface area contributed by atoms with Gasteiger partial charge in [0.05, 0.1) is 0 Å². The van der Waals surface area contributed by atoms with Crippen LogP contribution in [0.25, 0.3) is 22.5 Å². The average Bonchev–Trinajstić information content (AvgIpc) is 2.75. The third-order valence-corrected chi connectivity index (χ3v) is 5.32. The fourth-order valence-electron chi connectivity index (χ4n) is 3.07. The van der Waals surface area contributed by atoms with Gasteiger partial charge >= 0.3 is 5.69 Å². The van der Waals surface area contributed by atoms with Crippen molar-refractivity contribution in [2.45, 2.75) is 6.54 Å². The van der Waals surface area contributed by atoms with Gasteiger partial charge in [0.1, 0.15) is 17.9 Å². The molecule has 1 amide bonds. The first-order chi connectivity index (χ1) is 15.0. The van der Waals surface area contributed by atoms with E-state index < -0.39 is 5.69 Å². The van der Waals surface area contributed by atoms with Gasteiger partial charge in [-0.25, -0.2) is 9.48 Å². The summed E-state index contributed by atoms with van der Waals surface area (Å²) in [7, 11) is 0. The van der Waals surface area contributed by atoms with Crippen LogP contribution in [0, 0.1) is 0 Å². The van der Waals surface area contributed by atoms with Gasteiger partial charge < -0.3 is 5.32 Å². The monoisotopic (exact) mass is 538 g/mol. The number of hydrogen-bond acceptors (Lipinski definition) is 4. The van der Waals surface area contributed by atoms with Crippen molar-refractivity contribution in [3.63, 3.8) is 0 Å². The van der Waals surface area contributed by atoms with Crippen molar-refractivity contribution in [3.8, 4) is 22.5 Å². The summed E-state index contributed by atoms with van der Waals surface area (Å²) >= 11 is 6.78. The standard InChI is InChI=1S/C23H16Br2N4O2/c24-17-11-18(25)13-19(12-17)26-20(30)14-29-23(31)27-21(15-7-3-1-4-8-15)22(28-29)16-9-5-2-6-10-16/h1-13H,14H2,(H,26,30). The number of carbonyl (C=O) groups is 1. The van der Waals surface area contributed by atoms with E-state index in [1.165, 1.54) is 0 Å². The molecular formula is C23H16Br2N4O2. The molecule has 154 valence electrons. The van der Waals surface area contributed by atoms with Crippen molar-refractivity contribution in [1.29, 1.82) is 0 Å². The van der Waals surface area contributed by atoms with Gasteiger partial charge in [0.2, 0.25) is 5.91 Å². The summed E-state index contributed by atoms with van der Waals surface area (Å²) in [5.41, 5.74) is 2.59. The van der Waals surface area contributed by atoms with E-state index in [2.05, 4.69) is 47.3 Å². The molecule has 0 aliphatic heterocycles. The molecule has 0 unspecified atom stereocenters. The van der Waals surface area contributed by atoms with E-state index in [1.807, 2.05) is 66.7 Å². The first kappa shape index (κ1) is 21.1. The number of halogens is 2. The number of nitrogens with one attached hydrogen (secondary N) is 1. The van der Waals surface area contributed by atoms with Gasteiger partial charge in [-0.05, 0) is 18.2 Å². The Morgan fingerprint density at radius 3 is 1.97 bits per heavy atom. The smallest absolute Gasteiger partial charge is 0.324 e. The molecule has 0 aliphatic carbocycles. The number of anilines is 1. The Balaban J connectivity index is 1.70. The topological polar surface area (TPSA) is 76.9 Å². The highest BCUT2D eigenvalue weighted by atomic mass is 79.9. The molecule has 0 atom stereocenters. The Labute approximate surface area is 195 Å². The summed E-state index contributed by atoms with van der Waals surface area (Å²) < 4.78 is 2.71. The zero-order valence-corrected chi connectivity index (χ0v) is 19.3. The van der Waals surface area contributed by atoms with Crippen LogP contribution in [-0.2, 0) is 11.3 Å². The molecule has 1 N–H and O–H groups in total. The second kappa shape index (κ2) is 9.36. The quantitative estimate of drug-likeness (QED) is 0.381. The van der Waals surface area contributed by atoms with Gasteiger partial charge in [-0.2, -0.15) is 10.1 Å². The van der Waals surface area contributed by atoms with Gasteiger partial charge in [-0.1, -0.05) is 92.5 Å². The molecule has 0 fully saturated rings. The van der Waals surface area contributed by atoms with E-state index in [9.17, 15) is 9.59 Å². The van der Waals surface area contributed by atoms with Crippen LogP contribution in [-0.4, -0.2) is 20.7 Å². The highest BCUT2D eigenvalue weighted by Crippen LogP contribution is 2.27. The van der Waals surface area contributed by atoms with Gasteiger partial charge in [0.25, 0.3) is 0 Å². The maximum Gasteiger partial charge on any atom is 0.365 e. The second-order valence-corrected chi connectivity index (χ2v) is 8.52. The molecule has 0 radical (unpaired) electrons. The molecule has 1 heterocycles. The van der Waals surface area contributed by atoms with Gasteiger partial charge in [0, 0.05) is 25.8 Å². The van der Waals surface area contributed by atoms with Crippen molar-refractivity contribution >= 4 is 43.5 Å². The number of rotatable bonds is 5. The molecule has 0 saturated heterocycles. The molecule has 31 heavy (non-hydrogen) atoms. The second-order valence-electron chi connectivity index (χ2n) is 6.69. The number of hydrogen-bond donors (Lipinski definition) is 1. The molecule has 0 aliphatic rings. The molecule has 8 heteroatoms. The molecule has 0 spiro atoms. The maximum absolute atomic E-state index is 12.7. The normalized spacial score (nSPS) is 10.6. The Hall–Kier alpha value is -3.10. The lowest BCUT2D eigenvalue weighted by molar-refractivity contribution is -0.117. The fourth-order valence-corrected chi connectivity index (χ4v) is 4.36. The first-order valence-corrected chi connectivity index (χ1v) is 10.9. The average molecular weight is 540 g/mol. The molecule has 4 aromatic rings. The van der Waals surface area contributed by atoms with Crippen LogP contribution < -0.4 is 11.0 Å². The fraction of sp³-hybridized carbons (Fsp3) is 0.0435. The maximum atomic E-state index is 12.7. The molecule has 0 saturated carbocycles. The lowest BCUT2D eigenvalue weighted by Gasteiger charge is -2.12. The number of carbonyl (C=O) groups excluding carboxylic acids is 1. The van der Waals surface area contributed by atoms with Crippen molar-refractivity contribution in [2.75, 3.05) is 5.32 Å².